The van der Waals surface area contributed by atoms with Gasteiger partial charge in [-0.3, -0.25) is 0 Å². The molecule has 0 fully saturated rings. The Kier molecular flexibility index (Phi) is 7.01. The van der Waals surface area contributed by atoms with Crippen LogP contribution in [0.15, 0.2) is 48.5 Å². The summed E-state index contributed by atoms with van der Waals surface area (Å²) in [5.41, 5.74) is 4.01. The van der Waals surface area contributed by atoms with Crippen molar-refractivity contribution in [2.24, 2.45) is 0 Å². The lowest BCUT2D eigenvalue weighted by molar-refractivity contribution is 0.897. The van der Waals surface area contributed by atoms with Crippen LogP contribution in [0.25, 0.3) is 11.1 Å². The van der Waals surface area contributed by atoms with Gasteiger partial charge in [0, 0.05) is 5.54 Å². The zero-order valence-electron chi connectivity index (χ0n) is 15.1. The molecule has 2 aromatic rings. The number of hydrogen-bond acceptors (Lipinski definition) is 2. The molecule has 1 aliphatic rings. The second-order valence-corrected chi connectivity index (χ2v) is 19.2. The molecule has 0 amide bonds. The normalized spacial score (nSPS) is 13.7. The van der Waals surface area contributed by atoms with Crippen molar-refractivity contribution in [2.45, 2.75) is 45.1 Å². The summed E-state index contributed by atoms with van der Waals surface area (Å²) in [6.45, 7) is 4.53. The van der Waals surface area contributed by atoms with Gasteiger partial charge >= 0.3 is 0 Å². The van der Waals surface area contributed by atoms with Gasteiger partial charge < -0.3 is 0 Å². The average Bonchev–Trinajstić information content (AvgIpc) is 2.97. The van der Waals surface area contributed by atoms with E-state index in [0.717, 1.165) is 0 Å². The number of rotatable bonds is 9. The molecule has 3 rings (SSSR count). The third-order valence-electron chi connectivity index (χ3n) is 4.77. The Morgan fingerprint density at radius 1 is 0.800 bits per heavy atom. The molecule has 0 bridgehead atoms. The Hall–Kier alpha value is -0.353. The van der Waals surface area contributed by atoms with Gasteiger partial charge in [-0.05, 0) is 46.6 Å². The van der Waals surface area contributed by atoms with Crippen LogP contribution >= 0.6 is 33.5 Å². The van der Waals surface area contributed by atoms with E-state index in [9.17, 15) is 0 Å². The van der Waals surface area contributed by atoms with Crippen LogP contribution in [0.1, 0.15) is 56.2 Å². The van der Waals surface area contributed by atoms with Crippen LogP contribution in [0.5, 0.6) is 0 Å². The first kappa shape index (κ1) is 19.4. The third kappa shape index (κ3) is 4.15. The molecule has 0 radical (unpaired) electrons. The maximum absolute atomic E-state index is 7.54. The Morgan fingerprint density at radius 2 is 1.24 bits per heavy atom. The summed E-state index contributed by atoms with van der Waals surface area (Å²) < 4.78 is 0. The molecule has 4 heteroatoms. The molecule has 0 aromatic heterocycles. The standard InChI is InChI=1S/C21H27ClS2Si/c1-3-5-15-23-25(22,24-16-6-4-2)21-19-13-9-7-11-17(19)18-12-8-10-14-20(18)21/h7-14,21H,3-6,15-16H2,1-2H3. The highest BCUT2D eigenvalue weighted by Crippen LogP contribution is 2.57. The largest absolute Gasteiger partial charge is 0.286 e. The smallest absolute Gasteiger partial charge is 0.157 e. The molecule has 134 valence electrons. The van der Waals surface area contributed by atoms with E-state index in [4.69, 9.17) is 11.1 Å². The minimum atomic E-state index is -2.09. The van der Waals surface area contributed by atoms with Gasteiger partial charge in [-0.1, -0.05) is 75.2 Å². The zero-order chi connectivity index (χ0) is 17.7. The molecule has 0 aliphatic heterocycles. The fraction of sp³-hybridized carbons (Fsp3) is 0.429. The van der Waals surface area contributed by atoms with E-state index in [1.54, 1.807) is 0 Å². The van der Waals surface area contributed by atoms with Crippen LogP contribution in [-0.2, 0) is 0 Å². The Morgan fingerprint density at radius 3 is 1.68 bits per heavy atom. The molecule has 25 heavy (non-hydrogen) atoms. The molecule has 0 N–H and O–H groups in total. The number of halogens is 1. The van der Waals surface area contributed by atoms with Crippen LogP contribution in [0, 0.1) is 0 Å². The molecule has 0 heterocycles. The van der Waals surface area contributed by atoms with E-state index in [0.29, 0.717) is 5.54 Å². The Balaban J connectivity index is 1.99. The lowest BCUT2D eigenvalue weighted by Gasteiger charge is -2.31. The van der Waals surface area contributed by atoms with Crippen molar-refractivity contribution in [1.82, 2.24) is 0 Å². The van der Waals surface area contributed by atoms with Crippen LogP contribution < -0.4 is 0 Å². The van der Waals surface area contributed by atoms with Crippen molar-refractivity contribution in [3.63, 3.8) is 0 Å². The molecule has 0 atom stereocenters. The summed E-state index contributed by atoms with van der Waals surface area (Å²) >= 11 is 11.7. The van der Waals surface area contributed by atoms with Crippen molar-refractivity contribution >= 4 is 39.2 Å². The minimum absolute atomic E-state index is 0.394. The molecular weight excluding hydrogens is 380 g/mol. The van der Waals surface area contributed by atoms with E-state index >= 15 is 0 Å². The number of unbranched alkanes of at least 4 members (excludes halogenated alkanes) is 2. The van der Waals surface area contributed by atoms with Gasteiger partial charge in [0.15, 0.2) is 0 Å². The summed E-state index contributed by atoms with van der Waals surface area (Å²) in [6, 6.07) is 17.8. The molecule has 0 saturated carbocycles. The summed E-state index contributed by atoms with van der Waals surface area (Å²) in [5.74, 6) is 2.37. The van der Waals surface area contributed by atoms with E-state index < -0.39 is 5.68 Å². The quantitative estimate of drug-likeness (QED) is 0.239. The lowest BCUT2D eigenvalue weighted by atomic mass is 10.1. The minimum Gasteiger partial charge on any atom is -0.157 e. The second kappa shape index (κ2) is 9.03. The monoisotopic (exact) mass is 406 g/mol. The van der Waals surface area contributed by atoms with E-state index in [2.05, 4.69) is 84.8 Å². The predicted octanol–water partition coefficient (Wildman–Crippen LogP) is 7.58. The maximum atomic E-state index is 7.54. The summed E-state index contributed by atoms with van der Waals surface area (Å²) in [6.07, 6.45) is 5.00. The van der Waals surface area contributed by atoms with Gasteiger partial charge in [0.2, 0.25) is 0 Å². The van der Waals surface area contributed by atoms with Gasteiger partial charge in [-0.15, -0.1) is 11.1 Å². The van der Waals surface area contributed by atoms with Gasteiger partial charge in [0.25, 0.3) is 5.68 Å². The molecule has 0 saturated heterocycles. The predicted molar refractivity (Wildman–Crippen MR) is 120 cm³/mol. The van der Waals surface area contributed by atoms with Crippen LogP contribution in [0.3, 0.4) is 0 Å². The third-order valence-corrected chi connectivity index (χ3v) is 17.6. The first-order chi connectivity index (χ1) is 12.2. The second-order valence-electron chi connectivity index (χ2n) is 6.59. The topological polar surface area (TPSA) is 0 Å². The Labute approximate surface area is 166 Å². The van der Waals surface area contributed by atoms with Gasteiger partial charge in [-0.2, -0.15) is 22.4 Å². The summed E-state index contributed by atoms with van der Waals surface area (Å²) in [4.78, 5) is 0. The van der Waals surface area contributed by atoms with E-state index in [1.165, 1.54) is 59.4 Å². The highest BCUT2D eigenvalue weighted by Gasteiger charge is 2.47. The fourth-order valence-corrected chi connectivity index (χ4v) is 16.2. The van der Waals surface area contributed by atoms with Crippen molar-refractivity contribution in [2.75, 3.05) is 11.5 Å². The summed E-state index contributed by atoms with van der Waals surface area (Å²) in [5, 5.41) is 0. The fourth-order valence-electron chi connectivity index (χ4n) is 3.45. The first-order valence-corrected chi connectivity index (χ1v) is 15.9. The number of benzene rings is 2. The van der Waals surface area contributed by atoms with E-state index in [-0.39, 0.29) is 0 Å². The van der Waals surface area contributed by atoms with Crippen LogP contribution in [0.2, 0.25) is 0 Å². The number of hydrogen-bond donors (Lipinski definition) is 0. The summed E-state index contributed by atoms with van der Waals surface area (Å²) in [7, 11) is 0. The van der Waals surface area contributed by atoms with Crippen molar-refractivity contribution < 1.29 is 0 Å². The maximum Gasteiger partial charge on any atom is 0.286 e. The van der Waals surface area contributed by atoms with Crippen LogP contribution in [-0.4, -0.2) is 17.2 Å². The first-order valence-electron chi connectivity index (χ1n) is 9.36. The molecule has 0 unspecified atom stereocenters. The Bertz CT molecular complexity index is 648. The highest BCUT2D eigenvalue weighted by atomic mass is 35.6. The van der Waals surface area contributed by atoms with Gasteiger partial charge in [-0.25, -0.2) is 0 Å². The molecule has 1 aliphatic carbocycles. The SMILES string of the molecule is CCCCS[Si](Cl)(SCCCC)C1c2ccccc2-c2ccccc21. The van der Waals surface area contributed by atoms with Crippen molar-refractivity contribution in [1.29, 1.82) is 0 Å². The van der Waals surface area contributed by atoms with Gasteiger partial charge in [0.1, 0.15) is 0 Å². The molecular formula is C21H27ClS2Si. The molecule has 2 aromatic carbocycles. The van der Waals surface area contributed by atoms with Crippen molar-refractivity contribution in [3.05, 3.63) is 59.7 Å². The average molecular weight is 407 g/mol. The van der Waals surface area contributed by atoms with Gasteiger partial charge in [0.05, 0.1) is 0 Å². The number of fused-ring (bicyclic) bond motifs is 3. The highest BCUT2D eigenvalue weighted by molar-refractivity contribution is 8.63. The van der Waals surface area contributed by atoms with Crippen molar-refractivity contribution in [3.8, 4) is 11.1 Å². The van der Waals surface area contributed by atoms with Crippen LogP contribution in [0.4, 0.5) is 0 Å². The molecule has 0 spiro atoms. The molecule has 0 nitrogen and oxygen atoms in total. The zero-order valence-corrected chi connectivity index (χ0v) is 18.5. The van der Waals surface area contributed by atoms with E-state index in [1.807, 2.05) is 0 Å². The lowest BCUT2D eigenvalue weighted by Crippen LogP contribution is -2.30.